The highest BCUT2D eigenvalue weighted by Gasteiger charge is 2.69. The number of hydrogen-bond acceptors (Lipinski definition) is 3. The van der Waals surface area contributed by atoms with Crippen molar-refractivity contribution in [3.05, 3.63) is 29.8 Å². The van der Waals surface area contributed by atoms with Gasteiger partial charge in [-0.2, -0.15) is 0 Å². The fraction of sp³-hybridized carbons (Fsp3) is 0.467. The van der Waals surface area contributed by atoms with Gasteiger partial charge in [0.15, 0.2) is 6.10 Å². The number of ether oxygens (including phenoxy) is 1. The van der Waals surface area contributed by atoms with Crippen molar-refractivity contribution in [3.8, 4) is 5.75 Å². The van der Waals surface area contributed by atoms with E-state index in [-0.39, 0.29) is 20.9 Å². The van der Waals surface area contributed by atoms with E-state index in [1.807, 2.05) is 24.3 Å². The Hall–Kier alpha value is -1.31. The van der Waals surface area contributed by atoms with Gasteiger partial charge in [0.2, 0.25) is 0 Å². The zero-order chi connectivity index (χ0) is 14.7. The highest BCUT2D eigenvalue weighted by atomic mass is 127. The van der Waals surface area contributed by atoms with Crippen molar-refractivity contribution in [2.75, 3.05) is 0 Å². The van der Waals surface area contributed by atoms with E-state index in [1.165, 1.54) is 0 Å². The average molecular weight is 398 g/mol. The molecule has 2 amide bonds. The summed E-state index contributed by atoms with van der Waals surface area (Å²) in [5.74, 6) is 0.768. The van der Waals surface area contributed by atoms with Gasteiger partial charge in [-0.1, -0.05) is 18.2 Å². The third kappa shape index (κ3) is 2.11. The lowest BCUT2D eigenvalue weighted by Gasteiger charge is -2.70. The highest BCUT2D eigenvalue weighted by molar-refractivity contribution is 14.1. The lowest BCUT2D eigenvalue weighted by Crippen LogP contribution is -2.84. The van der Waals surface area contributed by atoms with Crippen LogP contribution in [-0.2, 0) is 11.2 Å². The van der Waals surface area contributed by atoms with E-state index in [4.69, 9.17) is 4.74 Å². The molecule has 6 heteroatoms. The zero-order valence-electron chi connectivity index (χ0n) is 11.3. The third-order valence-corrected chi connectivity index (χ3v) is 4.99. The first kappa shape index (κ1) is 13.4. The lowest BCUT2D eigenvalue weighted by atomic mass is 9.44. The number of carbonyl (C=O) groups is 2. The van der Waals surface area contributed by atoms with Gasteiger partial charge >= 0.3 is 0 Å². The summed E-state index contributed by atoms with van der Waals surface area (Å²) in [6.45, 7) is 0. The molecule has 3 aliphatic carbocycles. The summed E-state index contributed by atoms with van der Waals surface area (Å²) in [4.78, 5) is 23.5. The predicted molar refractivity (Wildman–Crippen MR) is 84.6 cm³/mol. The maximum absolute atomic E-state index is 12.3. The molecule has 1 heterocycles. The summed E-state index contributed by atoms with van der Waals surface area (Å²) in [5, 5.41) is 6.08. The molecule has 1 aromatic rings. The van der Waals surface area contributed by atoms with Crippen molar-refractivity contribution in [2.24, 2.45) is 0 Å². The van der Waals surface area contributed by atoms with Gasteiger partial charge in [0.25, 0.3) is 9.82 Å². The van der Waals surface area contributed by atoms with Crippen LogP contribution in [0.15, 0.2) is 24.3 Å². The molecule has 1 unspecified atom stereocenters. The van der Waals surface area contributed by atoms with Gasteiger partial charge < -0.3 is 15.4 Å². The van der Waals surface area contributed by atoms with E-state index >= 15 is 0 Å². The molecule has 5 rings (SSSR count). The molecule has 0 saturated heterocycles. The molecule has 3 saturated carbocycles. The van der Waals surface area contributed by atoms with Crippen LogP contribution in [0.25, 0.3) is 0 Å². The van der Waals surface area contributed by atoms with Crippen LogP contribution in [0.1, 0.15) is 24.8 Å². The minimum Gasteiger partial charge on any atom is -0.480 e. The predicted octanol–water partition coefficient (Wildman–Crippen LogP) is 1.93. The van der Waals surface area contributed by atoms with Crippen LogP contribution >= 0.6 is 22.6 Å². The average Bonchev–Trinajstić information content (AvgIpc) is 2.77. The lowest BCUT2D eigenvalue weighted by molar-refractivity contribution is -0.144. The Morgan fingerprint density at radius 2 is 1.81 bits per heavy atom. The van der Waals surface area contributed by atoms with Crippen molar-refractivity contribution in [1.29, 1.82) is 0 Å². The fourth-order valence-corrected chi connectivity index (χ4v) is 4.50. The Kier molecular flexibility index (Phi) is 2.76. The van der Waals surface area contributed by atoms with E-state index in [1.54, 1.807) is 22.6 Å². The van der Waals surface area contributed by atoms with E-state index in [0.29, 0.717) is 6.42 Å². The van der Waals surface area contributed by atoms with Gasteiger partial charge in [-0.25, -0.2) is 0 Å². The van der Waals surface area contributed by atoms with Gasteiger partial charge in [-0.15, -0.1) is 0 Å². The second-order valence-electron chi connectivity index (χ2n) is 6.40. The Morgan fingerprint density at radius 3 is 2.48 bits per heavy atom. The number of nitrogens with one attached hydrogen (secondary N) is 2. The van der Waals surface area contributed by atoms with Gasteiger partial charge in [0.1, 0.15) is 5.75 Å². The molecule has 4 aliphatic rings. The maximum Gasteiger partial charge on any atom is 0.281 e. The quantitative estimate of drug-likeness (QED) is 0.465. The van der Waals surface area contributed by atoms with Gasteiger partial charge in [-0.05, 0) is 30.9 Å². The van der Waals surface area contributed by atoms with E-state index in [9.17, 15) is 9.59 Å². The van der Waals surface area contributed by atoms with E-state index in [2.05, 4.69) is 10.6 Å². The summed E-state index contributed by atoms with van der Waals surface area (Å²) in [7, 11) is 0. The molecule has 21 heavy (non-hydrogen) atoms. The molecule has 2 N–H and O–H groups in total. The smallest absolute Gasteiger partial charge is 0.281 e. The first-order valence-corrected chi connectivity index (χ1v) is 8.11. The van der Waals surface area contributed by atoms with E-state index < -0.39 is 6.10 Å². The number of halogens is 1. The zero-order valence-corrected chi connectivity index (χ0v) is 13.5. The van der Waals surface area contributed by atoms with Crippen LogP contribution in [0.4, 0.5) is 4.79 Å². The number of fused-ring (bicyclic) bond motifs is 1. The summed E-state index contributed by atoms with van der Waals surface area (Å²) < 4.78 is 5.68. The normalized spacial score (nSPS) is 34.8. The molecule has 1 atom stereocenters. The fourth-order valence-electron chi connectivity index (χ4n) is 3.93. The third-order valence-electron chi connectivity index (χ3n) is 4.72. The Labute approximate surface area is 135 Å². The standard InChI is InChI=1S/C15H15IN2O3/c16-13(20)18-15-6-14(7-15,8-15)17-12(19)11-5-9-3-1-2-4-10(9)21-11/h1-4,11H,5-8H2,(H,17,19)(H,18,20). The Balaban J connectivity index is 1.34. The summed E-state index contributed by atoms with van der Waals surface area (Å²) >= 11 is 1.75. The highest BCUT2D eigenvalue weighted by Crippen LogP contribution is 2.60. The minimum absolute atomic E-state index is 0.0261. The molecule has 110 valence electrons. The Morgan fingerprint density at radius 1 is 1.14 bits per heavy atom. The van der Waals surface area contributed by atoms with Gasteiger partial charge in [-0.3, -0.25) is 9.59 Å². The number of benzene rings is 1. The summed E-state index contributed by atoms with van der Waals surface area (Å²) in [6, 6.07) is 7.76. The van der Waals surface area contributed by atoms with Crippen molar-refractivity contribution in [3.63, 3.8) is 0 Å². The number of rotatable bonds is 3. The van der Waals surface area contributed by atoms with Gasteiger partial charge in [0.05, 0.1) is 0 Å². The number of carbonyl (C=O) groups excluding carboxylic acids is 2. The molecule has 1 aromatic carbocycles. The second kappa shape index (κ2) is 4.34. The second-order valence-corrected chi connectivity index (χ2v) is 7.38. The Bertz CT molecular complexity index is 601. The van der Waals surface area contributed by atoms with Crippen LogP contribution in [-0.4, -0.2) is 27.0 Å². The van der Waals surface area contributed by atoms with Crippen LogP contribution in [0, 0.1) is 0 Å². The van der Waals surface area contributed by atoms with Crippen molar-refractivity contribution in [2.45, 2.75) is 42.9 Å². The van der Waals surface area contributed by atoms with Crippen LogP contribution in [0.2, 0.25) is 0 Å². The number of hydrogen-bond donors (Lipinski definition) is 2. The summed E-state index contributed by atoms with van der Waals surface area (Å²) in [5.41, 5.74) is 0.906. The van der Waals surface area contributed by atoms with Crippen LogP contribution in [0.3, 0.4) is 0 Å². The molecular formula is C15H15IN2O3. The maximum atomic E-state index is 12.3. The van der Waals surface area contributed by atoms with Crippen molar-refractivity contribution in [1.82, 2.24) is 10.6 Å². The molecule has 1 aliphatic heterocycles. The molecule has 0 radical (unpaired) electrons. The molecular weight excluding hydrogens is 383 g/mol. The SMILES string of the molecule is O=C(I)NC12CC(NC(=O)C3Cc4ccccc4O3)(C1)C2. The first-order chi connectivity index (χ1) is 9.99. The molecule has 2 bridgehead atoms. The number of amides is 2. The molecule has 0 spiro atoms. The molecule has 0 aromatic heterocycles. The molecule has 5 nitrogen and oxygen atoms in total. The first-order valence-electron chi connectivity index (χ1n) is 7.04. The van der Waals surface area contributed by atoms with Gasteiger partial charge in [0, 0.05) is 40.1 Å². The van der Waals surface area contributed by atoms with Crippen molar-refractivity contribution >= 4 is 32.4 Å². The topological polar surface area (TPSA) is 67.4 Å². The van der Waals surface area contributed by atoms with Crippen LogP contribution in [0.5, 0.6) is 5.75 Å². The van der Waals surface area contributed by atoms with Crippen molar-refractivity contribution < 1.29 is 14.3 Å². The van der Waals surface area contributed by atoms with Crippen LogP contribution < -0.4 is 15.4 Å². The largest absolute Gasteiger partial charge is 0.480 e. The minimum atomic E-state index is -0.424. The summed E-state index contributed by atoms with van der Waals surface area (Å²) in [6.07, 6.45) is 2.71. The number of para-hydroxylation sites is 1. The molecule has 3 fully saturated rings. The van der Waals surface area contributed by atoms with E-state index in [0.717, 1.165) is 30.6 Å². The monoisotopic (exact) mass is 398 g/mol.